The number of piperazine rings is 1. The van der Waals surface area contributed by atoms with Crippen molar-refractivity contribution in [3.8, 4) is 0 Å². The van der Waals surface area contributed by atoms with Crippen LogP contribution in [0.3, 0.4) is 0 Å². The molecule has 1 aromatic rings. The van der Waals surface area contributed by atoms with Crippen LogP contribution < -0.4 is 0 Å². The van der Waals surface area contributed by atoms with Crippen molar-refractivity contribution in [2.24, 2.45) is 0 Å². The third-order valence-corrected chi connectivity index (χ3v) is 8.31. The Kier molecular flexibility index (Phi) is 5.92. The van der Waals surface area contributed by atoms with Gasteiger partial charge in [-0.2, -0.15) is 0 Å². The summed E-state index contributed by atoms with van der Waals surface area (Å²) in [5.41, 5.74) is 0. The average Bonchev–Trinajstić information content (AvgIpc) is 3.17. The molecule has 1 aromatic carbocycles. The molecule has 4 rings (SSSR count). The molecule has 0 bridgehead atoms. The second-order valence-electron chi connectivity index (χ2n) is 8.22. The Hall–Kier alpha value is -1.93. The van der Waals surface area contributed by atoms with E-state index in [-0.39, 0.29) is 23.6 Å². The molecule has 7 nitrogen and oxygen atoms in total. The smallest absolute Gasteiger partial charge is 0.267 e. The molecule has 1 atom stereocenters. The number of carbonyl (C=O) groups excluding carboxylic acids is 2. The van der Waals surface area contributed by atoms with Crippen molar-refractivity contribution in [3.05, 3.63) is 30.3 Å². The van der Waals surface area contributed by atoms with E-state index in [2.05, 4.69) is 4.90 Å². The van der Waals surface area contributed by atoms with Gasteiger partial charge in [0.05, 0.1) is 4.90 Å². The molecule has 0 radical (unpaired) electrons. The van der Waals surface area contributed by atoms with Gasteiger partial charge in [-0.15, -0.1) is 0 Å². The molecule has 1 aliphatic carbocycles. The standard InChI is InChI=1S/C21H29N3O4S/c25-20-12-11-19(24(20)29(27,28)18-9-5-2-6-10-18)21(26)23-15-13-22(14-16-23)17-7-3-1-4-8-17/h2,5-6,9-10,17,19H,1,3-4,7-8,11-16H2/t19-/m0/s1. The molecule has 2 aliphatic heterocycles. The predicted octanol–water partition coefficient (Wildman–Crippen LogP) is 1.84. The van der Waals surface area contributed by atoms with Crippen LogP contribution in [0.25, 0.3) is 0 Å². The number of sulfonamides is 1. The van der Waals surface area contributed by atoms with Crippen molar-refractivity contribution >= 4 is 21.8 Å². The molecule has 0 unspecified atom stereocenters. The van der Waals surface area contributed by atoms with Gasteiger partial charge in [0.25, 0.3) is 10.0 Å². The molecule has 2 heterocycles. The average molecular weight is 420 g/mol. The highest BCUT2D eigenvalue weighted by molar-refractivity contribution is 7.89. The Balaban J connectivity index is 1.45. The minimum absolute atomic E-state index is 0.0511. The summed E-state index contributed by atoms with van der Waals surface area (Å²) in [7, 11) is -4.02. The molecular formula is C21H29N3O4S. The minimum atomic E-state index is -4.02. The van der Waals surface area contributed by atoms with Gasteiger partial charge in [-0.25, -0.2) is 12.7 Å². The van der Waals surface area contributed by atoms with Gasteiger partial charge < -0.3 is 4.90 Å². The lowest BCUT2D eigenvalue weighted by atomic mass is 9.94. The summed E-state index contributed by atoms with van der Waals surface area (Å²) in [6.45, 7) is 2.84. The molecule has 2 saturated heterocycles. The van der Waals surface area contributed by atoms with Gasteiger partial charge in [0.2, 0.25) is 11.8 Å². The van der Waals surface area contributed by atoms with Crippen molar-refractivity contribution in [1.29, 1.82) is 0 Å². The van der Waals surface area contributed by atoms with Crippen molar-refractivity contribution in [1.82, 2.24) is 14.1 Å². The van der Waals surface area contributed by atoms with Gasteiger partial charge in [-0.05, 0) is 31.4 Å². The first-order chi connectivity index (χ1) is 14.0. The van der Waals surface area contributed by atoms with E-state index in [0.717, 1.165) is 17.4 Å². The SMILES string of the molecule is O=C([C@@H]1CCC(=O)N1S(=O)(=O)c1ccccc1)N1CCN(C2CCCCC2)CC1. The second kappa shape index (κ2) is 8.44. The van der Waals surface area contributed by atoms with Gasteiger partial charge in [-0.1, -0.05) is 37.5 Å². The topological polar surface area (TPSA) is 78.0 Å². The highest BCUT2D eigenvalue weighted by Gasteiger charge is 2.46. The van der Waals surface area contributed by atoms with Crippen molar-refractivity contribution in [2.75, 3.05) is 26.2 Å². The van der Waals surface area contributed by atoms with E-state index >= 15 is 0 Å². The van der Waals surface area contributed by atoms with Crippen LogP contribution in [-0.4, -0.2) is 72.6 Å². The van der Waals surface area contributed by atoms with Crippen LogP contribution in [0.5, 0.6) is 0 Å². The molecule has 158 valence electrons. The van der Waals surface area contributed by atoms with Gasteiger partial charge in [0.15, 0.2) is 0 Å². The molecule has 3 aliphatic rings. The predicted molar refractivity (Wildman–Crippen MR) is 109 cm³/mol. The lowest BCUT2D eigenvalue weighted by molar-refractivity contribution is -0.139. The van der Waals surface area contributed by atoms with Crippen LogP contribution in [0.1, 0.15) is 44.9 Å². The number of benzene rings is 1. The van der Waals surface area contributed by atoms with Crippen molar-refractivity contribution in [3.63, 3.8) is 0 Å². The van der Waals surface area contributed by atoms with E-state index in [0.29, 0.717) is 19.1 Å². The van der Waals surface area contributed by atoms with Gasteiger partial charge in [-0.3, -0.25) is 14.5 Å². The molecule has 29 heavy (non-hydrogen) atoms. The molecule has 0 N–H and O–H groups in total. The fraction of sp³-hybridized carbons (Fsp3) is 0.619. The number of amides is 2. The first-order valence-electron chi connectivity index (χ1n) is 10.6. The molecule has 0 spiro atoms. The van der Waals surface area contributed by atoms with Crippen LogP contribution in [0.15, 0.2) is 35.2 Å². The van der Waals surface area contributed by atoms with Crippen LogP contribution in [0.2, 0.25) is 0 Å². The Morgan fingerprint density at radius 3 is 2.21 bits per heavy atom. The molecule has 2 amide bonds. The number of rotatable bonds is 4. The number of carbonyl (C=O) groups is 2. The third-order valence-electron chi connectivity index (χ3n) is 6.46. The molecule has 8 heteroatoms. The second-order valence-corrected chi connectivity index (χ2v) is 10.0. The largest absolute Gasteiger partial charge is 0.338 e. The first kappa shape index (κ1) is 20.3. The lowest BCUT2D eigenvalue weighted by Crippen LogP contribution is -2.56. The zero-order valence-electron chi connectivity index (χ0n) is 16.7. The van der Waals surface area contributed by atoms with E-state index in [1.54, 1.807) is 23.1 Å². The fourth-order valence-electron chi connectivity index (χ4n) is 4.86. The Morgan fingerprint density at radius 2 is 1.55 bits per heavy atom. The zero-order valence-corrected chi connectivity index (χ0v) is 17.5. The monoisotopic (exact) mass is 419 g/mol. The molecule has 0 aromatic heterocycles. The van der Waals surface area contributed by atoms with Gasteiger partial charge in [0.1, 0.15) is 6.04 Å². The zero-order chi connectivity index (χ0) is 20.4. The Bertz CT molecular complexity index is 844. The third kappa shape index (κ3) is 4.05. The molecular weight excluding hydrogens is 390 g/mol. The van der Waals surface area contributed by atoms with E-state index in [9.17, 15) is 18.0 Å². The van der Waals surface area contributed by atoms with Crippen LogP contribution in [0.4, 0.5) is 0 Å². The number of hydrogen-bond donors (Lipinski definition) is 0. The molecule has 1 saturated carbocycles. The summed E-state index contributed by atoms with van der Waals surface area (Å²) < 4.78 is 26.9. The highest BCUT2D eigenvalue weighted by atomic mass is 32.2. The normalized spacial score (nSPS) is 24.8. The van der Waals surface area contributed by atoms with E-state index in [4.69, 9.17) is 0 Å². The maximum absolute atomic E-state index is 13.2. The summed E-state index contributed by atoms with van der Waals surface area (Å²) in [5, 5.41) is 0. The fourth-order valence-corrected chi connectivity index (χ4v) is 6.48. The van der Waals surface area contributed by atoms with Crippen molar-refractivity contribution < 1.29 is 18.0 Å². The maximum Gasteiger partial charge on any atom is 0.267 e. The van der Waals surface area contributed by atoms with Crippen molar-refractivity contribution in [2.45, 2.75) is 61.9 Å². The highest BCUT2D eigenvalue weighted by Crippen LogP contribution is 2.29. The Morgan fingerprint density at radius 1 is 0.897 bits per heavy atom. The number of hydrogen-bond acceptors (Lipinski definition) is 5. The van der Waals surface area contributed by atoms with Gasteiger partial charge in [0, 0.05) is 38.6 Å². The summed E-state index contributed by atoms with van der Waals surface area (Å²) in [4.78, 5) is 29.9. The summed E-state index contributed by atoms with van der Waals surface area (Å²) >= 11 is 0. The maximum atomic E-state index is 13.2. The quantitative estimate of drug-likeness (QED) is 0.744. The van der Waals surface area contributed by atoms with Crippen LogP contribution >= 0.6 is 0 Å². The van der Waals surface area contributed by atoms with E-state index in [1.165, 1.54) is 44.2 Å². The summed E-state index contributed by atoms with van der Waals surface area (Å²) in [5.74, 6) is -0.730. The van der Waals surface area contributed by atoms with Gasteiger partial charge >= 0.3 is 0 Å². The summed E-state index contributed by atoms with van der Waals surface area (Å²) in [6.07, 6.45) is 6.68. The summed E-state index contributed by atoms with van der Waals surface area (Å²) in [6, 6.07) is 7.58. The van der Waals surface area contributed by atoms with E-state index in [1.807, 2.05) is 0 Å². The minimum Gasteiger partial charge on any atom is -0.338 e. The lowest BCUT2D eigenvalue weighted by Gasteiger charge is -2.41. The van der Waals surface area contributed by atoms with Crippen LogP contribution in [-0.2, 0) is 19.6 Å². The first-order valence-corrected chi connectivity index (χ1v) is 12.1. The van der Waals surface area contributed by atoms with E-state index < -0.39 is 22.0 Å². The Labute approximate surface area is 172 Å². The number of nitrogens with zero attached hydrogens (tertiary/aromatic N) is 3. The molecule has 3 fully saturated rings. The van der Waals surface area contributed by atoms with Crippen LogP contribution in [0, 0.1) is 0 Å².